The molecule has 0 heterocycles. The van der Waals surface area contributed by atoms with E-state index in [1.54, 1.807) is 0 Å². The lowest BCUT2D eigenvalue weighted by molar-refractivity contribution is -0.136. The molecule has 0 radical (unpaired) electrons. The Bertz CT molecular complexity index is 332. The van der Waals surface area contributed by atoms with E-state index in [2.05, 4.69) is 0 Å². The summed E-state index contributed by atoms with van der Waals surface area (Å²) >= 11 is 0. The van der Waals surface area contributed by atoms with Crippen LogP contribution in [0.15, 0.2) is 0 Å². The molecule has 0 saturated heterocycles. The molecule has 0 aromatic rings. The first-order chi connectivity index (χ1) is 8.11. The SMILES string of the molecule is N#CCN(CC#N)C(=O)CC1(O)CCCCC1. The molecule has 17 heavy (non-hydrogen) atoms. The van der Waals surface area contributed by atoms with E-state index in [1.807, 2.05) is 12.1 Å². The van der Waals surface area contributed by atoms with E-state index < -0.39 is 5.60 Å². The van der Waals surface area contributed by atoms with Gasteiger partial charge in [0.1, 0.15) is 13.1 Å². The fraction of sp³-hybridized carbons (Fsp3) is 0.750. The van der Waals surface area contributed by atoms with Crippen LogP contribution in [-0.2, 0) is 4.79 Å². The Hall–Kier alpha value is -1.59. The Morgan fingerprint density at radius 2 is 1.71 bits per heavy atom. The molecule has 0 spiro atoms. The smallest absolute Gasteiger partial charge is 0.227 e. The van der Waals surface area contributed by atoms with Gasteiger partial charge < -0.3 is 10.0 Å². The molecule has 1 amide bonds. The van der Waals surface area contributed by atoms with Crippen molar-refractivity contribution < 1.29 is 9.90 Å². The summed E-state index contributed by atoms with van der Waals surface area (Å²) in [6.45, 7) is -0.190. The molecule has 5 heteroatoms. The molecule has 5 nitrogen and oxygen atoms in total. The van der Waals surface area contributed by atoms with E-state index in [0.717, 1.165) is 19.3 Å². The first-order valence-electron chi connectivity index (χ1n) is 5.85. The third-order valence-corrected chi connectivity index (χ3v) is 3.14. The van der Waals surface area contributed by atoms with Crippen LogP contribution in [0.4, 0.5) is 0 Å². The van der Waals surface area contributed by atoms with E-state index in [-0.39, 0.29) is 25.4 Å². The van der Waals surface area contributed by atoms with Gasteiger partial charge in [-0.1, -0.05) is 19.3 Å². The van der Waals surface area contributed by atoms with Crippen molar-refractivity contribution in [1.29, 1.82) is 10.5 Å². The topological polar surface area (TPSA) is 88.1 Å². The van der Waals surface area contributed by atoms with Gasteiger partial charge in [0.25, 0.3) is 0 Å². The Kier molecular flexibility index (Phi) is 4.93. The Balaban J connectivity index is 2.56. The van der Waals surface area contributed by atoms with Crippen LogP contribution >= 0.6 is 0 Å². The molecule has 1 saturated carbocycles. The highest BCUT2D eigenvalue weighted by Crippen LogP contribution is 2.31. The zero-order valence-electron chi connectivity index (χ0n) is 9.85. The maximum atomic E-state index is 11.9. The van der Waals surface area contributed by atoms with Gasteiger partial charge in [-0.3, -0.25) is 4.79 Å². The first-order valence-corrected chi connectivity index (χ1v) is 5.85. The van der Waals surface area contributed by atoms with Crippen LogP contribution in [0, 0.1) is 22.7 Å². The predicted molar refractivity (Wildman–Crippen MR) is 60.5 cm³/mol. The minimum Gasteiger partial charge on any atom is -0.389 e. The van der Waals surface area contributed by atoms with Crippen molar-refractivity contribution in [3.05, 3.63) is 0 Å². The number of aliphatic hydroxyl groups is 1. The highest BCUT2D eigenvalue weighted by molar-refractivity contribution is 5.77. The Morgan fingerprint density at radius 3 is 2.18 bits per heavy atom. The zero-order chi connectivity index (χ0) is 12.7. The number of nitriles is 2. The second kappa shape index (κ2) is 6.22. The second-order valence-electron chi connectivity index (χ2n) is 4.53. The molecule has 1 fully saturated rings. The summed E-state index contributed by atoms with van der Waals surface area (Å²) in [6.07, 6.45) is 4.24. The highest BCUT2D eigenvalue weighted by atomic mass is 16.3. The van der Waals surface area contributed by atoms with Crippen LogP contribution < -0.4 is 0 Å². The number of amides is 1. The fourth-order valence-corrected chi connectivity index (χ4v) is 2.18. The summed E-state index contributed by atoms with van der Waals surface area (Å²) < 4.78 is 0. The number of nitrogens with zero attached hydrogens (tertiary/aromatic N) is 3. The molecule has 0 unspecified atom stereocenters. The monoisotopic (exact) mass is 235 g/mol. The van der Waals surface area contributed by atoms with E-state index >= 15 is 0 Å². The molecule has 1 aliphatic rings. The third kappa shape index (κ3) is 4.05. The second-order valence-corrected chi connectivity index (χ2v) is 4.53. The minimum atomic E-state index is -0.932. The molecule has 0 aromatic heterocycles. The largest absolute Gasteiger partial charge is 0.389 e. The number of rotatable bonds is 4. The van der Waals surface area contributed by atoms with Crippen LogP contribution in [0.1, 0.15) is 38.5 Å². The molecule has 0 bridgehead atoms. The van der Waals surface area contributed by atoms with Gasteiger partial charge in [-0.2, -0.15) is 10.5 Å². The molecular weight excluding hydrogens is 218 g/mol. The lowest BCUT2D eigenvalue weighted by Gasteiger charge is -2.32. The van der Waals surface area contributed by atoms with Crippen molar-refractivity contribution in [2.45, 2.75) is 44.1 Å². The van der Waals surface area contributed by atoms with Crippen LogP contribution in [-0.4, -0.2) is 34.6 Å². The van der Waals surface area contributed by atoms with E-state index in [4.69, 9.17) is 10.5 Å². The van der Waals surface area contributed by atoms with Crippen molar-refractivity contribution in [2.24, 2.45) is 0 Å². The van der Waals surface area contributed by atoms with Gasteiger partial charge in [0.2, 0.25) is 5.91 Å². The van der Waals surface area contributed by atoms with E-state index in [9.17, 15) is 9.90 Å². The molecular formula is C12H17N3O2. The maximum absolute atomic E-state index is 11.9. The summed E-state index contributed by atoms with van der Waals surface area (Å²) in [5, 5.41) is 27.3. The summed E-state index contributed by atoms with van der Waals surface area (Å²) in [7, 11) is 0. The quantitative estimate of drug-likeness (QED) is 0.735. The van der Waals surface area contributed by atoms with Crippen molar-refractivity contribution >= 4 is 5.91 Å². The summed E-state index contributed by atoms with van der Waals surface area (Å²) in [5.41, 5.74) is -0.932. The van der Waals surface area contributed by atoms with Gasteiger partial charge in [0, 0.05) is 0 Å². The van der Waals surface area contributed by atoms with Crippen molar-refractivity contribution in [3.63, 3.8) is 0 Å². The lowest BCUT2D eigenvalue weighted by Crippen LogP contribution is -2.41. The maximum Gasteiger partial charge on any atom is 0.227 e. The molecule has 0 aromatic carbocycles. The minimum absolute atomic E-state index is 0.0242. The average Bonchev–Trinajstić information content (AvgIpc) is 2.29. The van der Waals surface area contributed by atoms with E-state index in [1.165, 1.54) is 4.90 Å². The molecule has 0 atom stereocenters. The Morgan fingerprint density at radius 1 is 1.18 bits per heavy atom. The molecule has 1 N–H and O–H groups in total. The van der Waals surface area contributed by atoms with Gasteiger partial charge in [-0.15, -0.1) is 0 Å². The van der Waals surface area contributed by atoms with Crippen LogP contribution in [0.2, 0.25) is 0 Å². The van der Waals surface area contributed by atoms with Crippen LogP contribution in [0.5, 0.6) is 0 Å². The van der Waals surface area contributed by atoms with Crippen molar-refractivity contribution in [2.75, 3.05) is 13.1 Å². The van der Waals surface area contributed by atoms with Crippen LogP contribution in [0.25, 0.3) is 0 Å². The first kappa shape index (κ1) is 13.5. The van der Waals surface area contributed by atoms with Gasteiger partial charge >= 0.3 is 0 Å². The van der Waals surface area contributed by atoms with Crippen LogP contribution in [0.3, 0.4) is 0 Å². The van der Waals surface area contributed by atoms with Crippen molar-refractivity contribution in [3.8, 4) is 12.1 Å². The summed E-state index contributed by atoms with van der Waals surface area (Å²) in [4.78, 5) is 13.0. The molecule has 0 aliphatic heterocycles. The van der Waals surface area contributed by atoms with Gasteiger partial charge in [-0.05, 0) is 12.8 Å². The Labute approximate surface area is 101 Å². The number of carbonyl (C=O) groups excluding carboxylic acids is 1. The highest BCUT2D eigenvalue weighted by Gasteiger charge is 2.33. The fourth-order valence-electron chi connectivity index (χ4n) is 2.18. The third-order valence-electron chi connectivity index (χ3n) is 3.14. The number of carbonyl (C=O) groups is 1. The summed E-state index contributed by atoms with van der Waals surface area (Å²) in [6, 6.07) is 3.71. The molecule has 92 valence electrons. The van der Waals surface area contributed by atoms with Gasteiger partial charge in [0.05, 0.1) is 24.2 Å². The average molecular weight is 235 g/mol. The molecule has 1 rings (SSSR count). The van der Waals surface area contributed by atoms with Gasteiger partial charge in [0.15, 0.2) is 0 Å². The lowest BCUT2D eigenvalue weighted by atomic mass is 9.82. The zero-order valence-corrected chi connectivity index (χ0v) is 9.85. The number of hydrogen-bond donors (Lipinski definition) is 1. The van der Waals surface area contributed by atoms with E-state index in [0.29, 0.717) is 12.8 Å². The predicted octanol–water partition coefficient (Wildman–Crippen LogP) is 0.947. The normalized spacial score (nSPS) is 17.8. The number of hydrogen-bond acceptors (Lipinski definition) is 4. The summed E-state index contributed by atoms with van der Waals surface area (Å²) in [5.74, 6) is -0.308. The standard InChI is InChI=1S/C12H17N3O2/c13-6-8-15(9-7-14)11(16)10-12(17)4-2-1-3-5-12/h17H,1-5,8-10H2. The molecule has 1 aliphatic carbocycles. The van der Waals surface area contributed by atoms with Crippen molar-refractivity contribution in [1.82, 2.24) is 4.90 Å². The van der Waals surface area contributed by atoms with Gasteiger partial charge in [-0.25, -0.2) is 0 Å².